The quantitative estimate of drug-likeness (QED) is 0.882. The zero-order chi connectivity index (χ0) is 14.8. The summed E-state index contributed by atoms with van der Waals surface area (Å²) in [6.07, 6.45) is -4.79. The molecule has 0 fully saturated rings. The van der Waals surface area contributed by atoms with E-state index in [4.69, 9.17) is 10.5 Å². The van der Waals surface area contributed by atoms with Crippen molar-refractivity contribution < 1.29 is 22.3 Å². The molecule has 2 aromatic rings. The Labute approximate surface area is 111 Å². The molecule has 2 N–H and O–H groups in total. The molecule has 8 heteroatoms. The van der Waals surface area contributed by atoms with Gasteiger partial charge in [0.1, 0.15) is 11.6 Å². The maximum Gasteiger partial charge on any atom is 0.419 e. The van der Waals surface area contributed by atoms with E-state index in [0.29, 0.717) is 17.8 Å². The highest BCUT2D eigenvalue weighted by Gasteiger charge is 2.34. The predicted octanol–water partition coefficient (Wildman–Crippen LogP) is 2.89. The van der Waals surface area contributed by atoms with Crippen molar-refractivity contribution >= 4 is 0 Å². The van der Waals surface area contributed by atoms with E-state index in [2.05, 4.69) is 10.2 Å². The van der Waals surface area contributed by atoms with Gasteiger partial charge in [-0.2, -0.15) is 18.3 Å². The Balaban J connectivity index is 2.25. The lowest BCUT2D eigenvalue weighted by molar-refractivity contribution is -0.140. The molecule has 2 rings (SSSR count). The minimum Gasteiger partial charge on any atom is -0.438 e. The van der Waals surface area contributed by atoms with Crippen LogP contribution in [0, 0.1) is 5.82 Å². The molecule has 0 amide bonds. The molecule has 1 aromatic carbocycles. The molecule has 0 bridgehead atoms. The van der Waals surface area contributed by atoms with Crippen molar-refractivity contribution in [1.29, 1.82) is 0 Å². The van der Waals surface area contributed by atoms with Crippen LogP contribution in [0.5, 0.6) is 11.6 Å². The second-order valence-electron chi connectivity index (χ2n) is 3.81. The minimum atomic E-state index is -4.79. The molecule has 0 radical (unpaired) electrons. The zero-order valence-electron chi connectivity index (χ0n) is 9.99. The Morgan fingerprint density at radius 3 is 2.40 bits per heavy atom. The van der Waals surface area contributed by atoms with Crippen LogP contribution in [-0.4, -0.2) is 10.2 Å². The summed E-state index contributed by atoms with van der Waals surface area (Å²) in [5.74, 6) is -1.56. The Kier molecular flexibility index (Phi) is 3.84. The summed E-state index contributed by atoms with van der Waals surface area (Å²) in [5.41, 5.74) is 4.43. The number of nitrogens with zero attached hydrogens (tertiary/aromatic N) is 2. The highest BCUT2D eigenvalue weighted by Crippen LogP contribution is 2.34. The first-order chi connectivity index (χ1) is 9.40. The lowest BCUT2D eigenvalue weighted by atomic mass is 10.2. The molecular weight excluding hydrogens is 278 g/mol. The Morgan fingerprint density at radius 1 is 1.10 bits per heavy atom. The molecule has 0 unspecified atom stereocenters. The van der Waals surface area contributed by atoms with Crippen molar-refractivity contribution in [3.8, 4) is 11.6 Å². The van der Waals surface area contributed by atoms with Gasteiger partial charge in [0.15, 0.2) is 0 Å². The third kappa shape index (κ3) is 3.21. The van der Waals surface area contributed by atoms with Crippen molar-refractivity contribution in [2.75, 3.05) is 0 Å². The number of halogens is 4. The van der Waals surface area contributed by atoms with Crippen LogP contribution in [0.4, 0.5) is 17.6 Å². The molecule has 0 saturated carbocycles. The highest BCUT2D eigenvalue weighted by atomic mass is 19.4. The van der Waals surface area contributed by atoms with Crippen LogP contribution in [0.3, 0.4) is 0 Å². The number of hydrogen-bond donors (Lipinski definition) is 1. The van der Waals surface area contributed by atoms with Crippen LogP contribution in [0.15, 0.2) is 30.3 Å². The van der Waals surface area contributed by atoms with Crippen LogP contribution in [-0.2, 0) is 12.7 Å². The molecule has 4 nitrogen and oxygen atoms in total. The van der Waals surface area contributed by atoms with E-state index in [9.17, 15) is 17.6 Å². The maximum atomic E-state index is 13.1. The fourth-order valence-electron chi connectivity index (χ4n) is 1.42. The zero-order valence-corrected chi connectivity index (χ0v) is 9.99. The monoisotopic (exact) mass is 287 g/mol. The number of hydrogen-bond acceptors (Lipinski definition) is 4. The smallest absolute Gasteiger partial charge is 0.419 e. The van der Waals surface area contributed by atoms with Gasteiger partial charge in [0.25, 0.3) is 0 Å². The van der Waals surface area contributed by atoms with Crippen molar-refractivity contribution in [3.63, 3.8) is 0 Å². The average molecular weight is 287 g/mol. The van der Waals surface area contributed by atoms with Gasteiger partial charge < -0.3 is 10.5 Å². The highest BCUT2D eigenvalue weighted by molar-refractivity contribution is 5.34. The summed E-state index contributed by atoms with van der Waals surface area (Å²) < 4.78 is 55.8. The van der Waals surface area contributed by atoms with Crippen LogP contribution < -0.4 is 10.5 Å². The molecule has 106 valence electrons. The minimum absolute atomic E-state index is 0.0121. The van der Waals surface area contributed by atoms with Crippen molar-refractivity contribution in [2.45, 2.75) is 12.7 Å². The van der Waals surface area contributed by atoms with Gasteiger partial charge in [0.05, 0.1) is 11.3 Å². The molecule has 0 aliphatic rings. The first kappa shape index (κ1) is 14.2. The van der Waals surface area contributed by atoms with Crippen molar-refractivity contribution in [2.24, 2.45) is 5.73 Å². The van der Waals surface area contributed by atoms with Gasteiger partial charge in [0.2, 0.25) is 5.88 Å². The van der Waals surface area contributed by atoms with E-state index in [-0.39, 0.29) is 18.2 Å². The normalized spacial score (nSPS) is 11.4. The van der Waals surface area contributed by atoms with E-state index in [1.54, 1.807) is 0 Å². The van der Waals surface area contributed by atoms with Crippen LogP contribution in [0.1, 0.15) is 11.3 Å². The molecule has 0 aliphatic carbocycles. The maximum absolute atomic E-state index is 13.1. The van der Waals surface area contributed by atoms with Crippen LogP contribution in [0.25, 0.3) is 0 Å². The molecule has 20 heavy (non-hydrogen) atoms. The fourth-order valence-corrected chi connectivity index (χ4v) is 1.42. The molecule has 0 spiro atoms. The van der Waals surface area contributed by atoms with E-state index in [1.807, 2.05) is 0 Å². The van der Waals surface area contributed by atoms with E-state index < -0.39 is 17.6 Å². The van der Waals surface area contributed by atoms with Gasteiger partial charge in [-0.05, 0) is 24.3 Å². The molecule has 0 saturated heterocycles. The summed E-state index contributed by atoms with van der Waals surface area (Å²) in [5, 5.41) is 7.32. The summed E-state index contributed by atoms with van der Waals surface area (Å²) in [7, 11) is 0. The lowest BCUT2D eigenvalue weighted by Crippen LogP contribution is -2.08. The summed E-state index contributed by atoms with van der Waals surface area (Å²) >= 11 is 0. The number of benzene rings is 1. The number of rotatable bonds is 3. The largest absolute Gasteiger partial charge is 0.438 e. The fraction of sp³-hybridized carbons (Fsp3) is 0.167. The Bertz CT molecular complexity index is 599. The lowest BCUT2D eigenvalue weighted by Gasteiger charge is -2.10. The standard InChI is InChI=1S/C12H9F4N3O/c13-10-3-2-8(5-9(10)12(14,15)16)20-11-4-1-7(6-17)18-19-11/h1-5H,6,17H2. The third-order valence-corrected chi connectivity index (χ3v) is 2.37. The van der Waals surface area contributed by atoms with Gasteiger partial charge >= 0.3 is 6.18 Å². The van der Waals surface area contributed by atoms with E-state index >= 15 is 0 Å². The van der Waals surface area contributed by atoms with Gasteiger partial charge in [0, 0.05) is 12.6 Å². The Morgan fingerprint density at radius 2 is 1.85 bits per heavy atom. The first-order valence-corrected chi connectivity index (χ1v) is 5.47. The molecule has 1 aromatic heterocycles. The number of nitrogens with two attached hydrogens (primary N) is 1. The summed E-state index contributed by atoms with van der Waals surface area (Å²) in [6.45, 7) is 0.183. The van der Waals surface area contributed by atoms with Crippen LogP contribution in [0.2, 0.25) is 0 Å². The van der Waals surface area contributed by atoms with Crippen molar-refractivity contribution in [3.05, 3.63) is 47.4 Å². The SMILES string of the molecule is NCc1ccc(Oc2ccc(F)c(C(F)(F)F)c2)nn1. The van der Waals surface area contributed by atoms with Gasteiger partial charge in [-0.3, -0.25) is 0 Å². The Hall–Kier alpha value is -2.22. The predicted molar refractivity (Wildman–Crippen MR) is 61.4 cm³/mol. The van der Waals surface area contributed by atoms with Gasteiger partial charge in [-0.15, -0.1) is 5.10 Å². The summed E-state index contributed by atoms with van der Waals surface area (Å²) in [4.78, 5) is 0. The van der Waals surface area contributed by atoms with Crippen molar-refractivity contribution in [1.82, 2.24) is 10.2 Å². The average Bonchev–Trinajstić information content (AvgIpc) is 2.40. The second kappa shape index (κ2) is 5.41. The van der Waals surface area contributed by atoms with Gasteiger partial charge in [-0.1, -0.05) is 0 Å². The molecule has 1 heterocycles. The molecular formula is C12H9F4N3O. The van der Waals surface area contributed by atoms with Gasteiger partial charge in [-0.25, -0.2) is 4.39 Å². The number of aromatic nitrogens is 2. The third-order valence-electron chi connectivity index (χ3n) is 2.37. The number of ether oxygens (including phenoxy) is 1. The summed E-state index contributed by atoms with van der Waals surface area (Å²) in [6, 6.07) is 5.25. The molecule has 0 aliphatic heterocycles. The molecule has 0 atom stereocenters. The van der Waals surface area contributed by atoms with E-state index in [1.165, 1.54) is 12.1 Å². The second-order valence-corrected chi connectivity index (χ2v) is 3.81. The van der Waals surface area contributed by atoms with E-state index in [0.717, 1.165) is 6.07 Å². The van der Waals surface area contributed by atoms with Crippen LogP contribution >= 0.6 is 0 Å². The topological polar surface area (TPSA) is 61.0 Å². The number of alkyl halides is 3. The first-order valence-electron chi connectivity index (χ1n) is 5.47.